The van der Waals surface area contributed by atoms with Gasteiger partial charge in [0.25, 0.3) is 0 Å². The van der Waals surface area contributed by atoms with Crippen molar-refractivity contribution in [3.05, 3.63) is 139 Å². The van der Waals surface area contributed by atoms with E-state index < -0.39 is 0 Å². The SMILES string of the molecule is CC(C)(C)c1cccc(N2C=CN(c3[c-]c(Nc4[c-]c5c(cc4)c4cc(C(C)(C)C)ccc4n5-c4cc(C(C)(C)C)ccn4)ccc3)[CH-]2)c1.[Pt]. The third kappa shape index (κ3) is 6.98. The molecule has 0 saturated heterocycles. The second-order valence-corrected chi connectivity index (χ2v) is 16.2. The normalized spacial score (nSPS) is 13.7. The van der Waals surface area contributed by atoms with Crippen molar-refractivity contribution in [2.45, 2.75) is 78.6 Å². The van der Waals surface area contributed by atoms with E-state index >= 15 is 0 Å². The summed E-state index contributed by atoms with van der Waals surface area (Å²) in [7, 11) is 0. The fourth-order valence-electron chi connectivity index (χ4n) is 6.34. The van der Waals surface area contributed by atoms with Crippen molar-refractivity contribution in [3.8, 4) is 5.82 Å². The number of nitrogens with one attached hydrogen (secondary N) is 1. The zero-order valence-corrected chi connectivity index (χ0v) is 32.8. The molecule has 0 atom stereocenters. The molecular weight excluding hydrogens is 794 g/mol. The van der Waals surface area contributed by atoms with Gasteiger partial charge in [0.2, 0.25) is 0 Å². The third-order valence-corrected chi connectivity index (χ3v) is 9.36. The van der Waals surface area contributed by atoms with Crippen LogP contribution in [0.3, 0.4) is 0 Å². The van der Waals surface area contributed by atoms with Gasteiger partial charge in [-0.2, -0.15) is 12.1 Å². The number of nitrogens with zero attached hydrogens (tertiary/aromatic N) is 4. The molecule has 0 unspecified atom stereocenters. The molecule has 2 aromatic heterocycles. The molecule has 6 aromatic rings. The van der Waals surface area contributed by atoms with Gasteiger partial charge in [0.1, 0.15) is 5.82 Å². The molecule has 0 aliphatic carbocycles. The molecule has 0 radical (unpaired) electrons. The molecule has 5 nitrogen and oxygen atoms in total. The number of hydrogen-bond donors (Lipinski definition) is 1. The summed E-state index contributed by atoms with van der Waals surface area (Å²) >= 11 is 0. The Kier molecular flexibility index (Phi) is 9.29. The van der Waals surface area contributed by atoms with Crippen LogP contribution in [0.5, 0.6) is 0 Å². The molecule has 260 valence electrons. The number of hydrogen-bond acceptors (Lipinski definition) is 4. The minimum Gasteiger partial charge on any atom is -0.500 e. The van der Waals surface area contributed by atoms with Gasteiger partial charge in [0.15, 0.2) is 0 Å². The second kappa shape index (κ2) is 13.1. The van der Waals surface area contributed by atoms with Crippen LogP contribution in [0, 0.1) is 18.8 Å². The van der Waals surface area contributed by atoms with Crippen molar-refractivity contribution < 1.29 is 21.1 Å². The minimum atomic E-state index is 0. The van der Waals surface area contributed by atoms with Crippen molar-refractivity contribution in [3.63, 3.8) is 0 Å². The van der Waals surface area contributed by atoms with E-state index in [9.17, 15) is 0 Å². The number of anilines is 4. The largest absolute Gasteiger partial charge is 0.500 e. The van der Waals surface area contributed by atoms with E-state index in [-0.39, 0.29) is 37.3 Å². The van der Waals surface area contributed by atoms with Crippen molar-refractivity contribution in [1.29, 1.82) is 0 Å². The number of benzene rings is 4. The Bertz CT molecular complexity index is 2210. The van der Waals surface area contributed by atoms with Crippen LogP contribution < -0.4 is 15.1 Å². The summed E-state index contributed by atoms with van der Waals surface area (Å²) in [6.45, 7) is 22.3. The molecule has 0 amide bonds. The van der Waals surface area contributed by atoms with E-state index in [2.05, 4.69) is 192 Å². The van der Waals surface area contributed by atoms with Gasteiger partial charge in [-0.05, 0) is 81.1 Å². The van der Waals surface area contributed by atoms with Crippen LogP contribution in [0.25, 0.3) is 27.6 Å². The summed E-state index contributed by atoms with van der Waals surface area (Å²) in [4.78, 5) is 9.13. The first-order valence-corrected chi connectivity index (χ1v) is 17.1. The van der Waals surface area contributed by atoms with Crippen LogP contribution in [0.4, 0.5) is 22.7 Å². The number of rotatable bonds is 5. The molecule has 0 saturated carbocycles. The molecule has 1 aliphatic rings. The zero-order chi connectivity index (χ0) is 34.7. The molecule has 4 aromatic carbocycles. The maximum absolute atomic E-state index is 4.88. The Morgan fingerprint density at radius 2 is 1.28 bits per heavy atom. The Hall–Kier alpha value is -4.34. The maximum Gasteiger partial charge on any atom is 0.135 e. The Morgan fingerprint density at radius 1 is 0.620 bits per heavy atom. The van der Waals surface area contributed by atoms with Crippen molar-refractivity contribution in [2.75, 3.05) is 15.1 Å². The van der Waals surface area contributed by atoms with Gasteiger partial charge >= 0.3 is 0 Å². The van der Waals surface area contributed by atoms with E-state index in [1.54, 1.807) is 0 Å². The van der Waals surface area contributed by atoms with Crippen molar-refractivity contribution in [2.24, 2.45) is 0 Å². The molecular formula is C44H46N5Pt-3. The van der Waals surface area contributed by atoms with Gasteiger partial charge in [0.05, 0.1) is 0 Å². The van der Waals surface area contributed by atoms with Crippen LogP contribution in [-0.4, -0.2) is 9.55 Å². The summed E-state index contributed by atoms with van der Waals surface area (Å²) < 4.78 is 2.25. The van der Waals surface area contributed by atoms with Crippen molar-refractivity contribution in [1.82, 2.24) is 9.55 Å². The molecule has 7 rings (SSSR count). The summed E-state index contributed by atoms with van der Waals surface area (Å²) in [5.74, 6) is 0.895. The first kappa shape index (κ1) is 35.5. The Labute approximate surface area is 312 Å². The smallest absolute Gasteiger partial charge is 0.135 e. The summed E-state index contributed by atoms with van der Waals surface area (Å²) in [5, 5.41) is 5.96. The number of pyridine rings is 1. The number of fused-ring (bicyclic) bond motifs is 3. The van der Waals surface area contributed by atoms with Gasteiger partial charge in [-0.15, -0.1) is 48.1 Å². The van der Waals surface area contributed by atoms with Gasteiger partial charge in [-0.1, -0.05) is 103 Å². The molecule has 0 bridgehead atoms. The van der Waals surface area contributed by atoms with E-state index in [4.69, 9.17) is 4.98 Å². The third-order valence-electron chi connectivity index (χ3n) is 9.36. The predicted octanol–water partition coefficient (Wildman–Crippen LogP) is 11.3. The van der Waals surface area contributed by atoms with E-state index in [0.29, 0.717) is 0 Å². The maximum atomic E-state index is 4.88. The van der Waals surface area contributed by atoms with Gasteiger partial charge in [0, 0.05) is 38.5 Å². The summed E-state index contributed by atoms with van der Waals surface area (Å²) in [5.41, 5.74) is 9.92. The van der Waals surface area contributed by atoms with Crippen LogP contribution in [0.15, 0.2) is 104 Å². The summed E-state index contributed by atoms with van der Waals surface area (Å²) in [6, 6.07) is 37.7. The molecule has 1 N–H and O–H groups in total. The molecule has 3 heterocycles. The first-order chi connectivity index (χ1) is 23.1. The molecule has 0 spiro atoms. The van der Waals surface area contributed by atoms with Crippen LogP contribution in [0.1, 0.15) is 79.0 Å². The monoisotopic (exact) mass is 839 g/mol. The fourth-order valence-corrected chi connectivity index (χ4v) is 6.34. The molecule has 50 heavy (non-hydrogen) atoms. The molecule has 1 aliphatic heterocycles. The average molecular weight is 840 g/mol. The molecule has 6 heteroatoms. The first-order valence-electron chi connectivity index (χ1n) is 17.1. The van der Waals surface area contributed by atoms with Gasteiger partial charge < -0.3 is 19.7 Å². The zero-order valence-electron chi connectivity index (χ0n) is 30.5. The van der Waals surface area contributed by atoms with Crippen LogP contribution >= 0.6 is 0 Å². The summed E-state index contributed by atoms with van der Waals surface area (Å²) in [6.07, 6.45) is 6.08. The topological polar surface area (TPSA) is 36.3 Å². The van der Waals surface area contributed by atoms with Crippen molar-refractivity contribution >= 4 is 44.6 Å². The van der Waals surface area contributed by atoms with Gasteiger partial charge in [-0.3, -0.25) is 0 Å². The quantitative estimate of drug-likeness (QED) is 0.176. The minimum absolute atomic E-state index is 0. The Balaban J connectivity index is 0.00000432. The average Bonchev–Trinajstić information content (AvgIpc) is 3.67. The Morgan fingerprint density at radius 3 is 2.02 bits per heavy atom. The van der Waals surface area contributed by atoms with E-state index in [1.807, 2.05) is 12.3 Å². The predicted molar refractivity (Wildman–Crippen MR) is 207 cm³/mol. The van der Waals surface area contributed by atoms with Crippen LogP contribution in [0.2, 0.25) is 0 Å². The second-order valence-electron chi connectivity index (χ2n) is 16.2. The van der Waals surface area contributed by atoms with E-state index in [1.165, 1.54) is 22.1 Å². The fraction of sp³-hybridized carbons (Fsp3) is 0.273. The number of aromatic nitrogens is 2. The molecule has 0 fully saturated rings. The standard InChI is InChI=1S/C44H46N5.Pt/c1-42(2,3)30-12-10-14-35(24-30)47-22-23-48(29-47)36-15-11-13-33(27-36)46-34-17-18-37-38-25-31(43(4,5)6)16-19-39(38)49(40(37)28-34)41-26-32(20-21-45-41)44(7,8)9;/h10-26,29,46H,1-9H3;/q-3;. The van der Waals surface area contributed by atoms with Crippen LogP contribution in [-0.2, 0) is 37.3 Å². The van der Waals surface area contributed by atoms with Gasteiger partial charge in [-0.25, -0.2) is 4.98 Å². The van der Waals surface area contributed by atoms with E-state index in [0.717, 1.165) is 45.0 Å².